The number of ether oxygens (including phenoxy) is 2. The molecule has 1 aromatic carbocycles. The topological polar surface area (TPSA) is 21.7 Å². The molecule has 4 heteroatoms. The lowest BCUT2D eigenvalue weighted by atomic mass is 10.1. The van der Waals surface area contributed by atoms with Crippen LogP contribution in [0.5, 0.6) is 5.75 Å². The van der Waals surface area contributed by atoms with Crippen molar-refractivity contribution in [2.75, 3.05) is 20.2 Å². The molecule has 3 unspecified atom stereocenters. The van der Waals surface area contributed by atoms with Gasteiger partial charge in [0.15, 0.2) is 0 Å². The minimum Gasteiger partial charge on any atom is -0.496 e. The second-order valence-corrected chi connectivity index (χ2v) is 5.97. The normalized spacial score (nSPS) is 26.9. The lowest BCUT2D eigenvalue weighted by Crippen LogP contribution is -2.45. The molecule has 3 nitrogen and oxygen atoms in total. The molecule has 0 bridgehead atoms. The Kier molecular flexibility index (Phi) is 4.86. The smallest absolute Gasteiger partial charge is 0.124 e. The monoisotopic (exact) mass is 361 g/mol. The summed E-state index contributed by atoms with van der Waals surface area (Å²) in [5.74, 6) is 0.962. The third kappa shape index (κ3) is 3.16. The number of morpholine rings is 1. The number of para-hydroxylation sites is 1. The first-order valence-corrected chi connectivity index (χ1v) is 7.53. The largest absolute Gasteiger partial charge is 0.496 e. The van der Waals surface area contributed by atoms with Gasteiger partial charge in [0, 0.05) is 18.7 Å². The maximum atomic E-state index is 5.78. The average Bonchev–Trinajstić information content (AvgIpc) is 2.36. The third-order valence-corrected chi connectivity index (χ3v) is 4.62. The number of hydrogen-bond acceptors (Lipinski definition) is 3. The highest BCUT2D eigenvalue weighted by atomic mass is 127. The number of alkyl halides is 1. The summed E-state index contributed by atoms with van der Waals surface area (Å²) in [4.78, 5) is 2.46. The summed E-state index contributed by atoms with van der Waals surface area (Å²) in [5.41, 5.74) is 1.24. The Hall–Kier alpha value is -0.330. The summed E-state index contributed by atoms with van der Waals surface area (Å²) in [5, 5.41) is 0. The number of benzene rings is 1. The zero-order valence-corrected chi connectivity index (χ0v) is 13.3. The van der Waals surface area contributed by atoms with Crippen LogP contribution in [0.2, 0.25) is 0 Å². The van der Waals surface area contributed by atoms with Crippen LogP contribution >= 0.6 is 22.6 Å². The maximum absolute atomic E-state index is 5.78. The Labute approximate surface area is 123 Å². The molecule has 0 spiro atoms. The Balaban J connectivity index is 2.17. The van der Waals surface area contributed by atoms with E-state index in [1.807, 2.05) is 12.1 Å². The molecule has 0 N–H and O–H groups in total. The predicted octanol–water partition coefficient (Wildman–Crippen LogP) is 3.24. The van der Waals surface area contributed by atoms with Crippen LogP contribution in [-0.2, 0) is 4.74 Å². The average molecular weight is 361 g/mol. The lowest BCUT2D eigenvalue weighted by Gasteiger charge is -2.38. The second kappa shape index (κ2) is 6.21. The van der Waals surface area contributed by atoms with Crippen LogP contribution in [0.1, 0.15) is 23.5 Å². The fourth-order valence-electron chi connectivity index (χ4n) is 2.46. The van der Waals surface area contributed by atoms with Crippen LogP contribution in [0.15, 0.2) is 24.3 Å². The Morgan fingerprint density at radius 2 is 1.89 bits per heavy atom. The Morgan fingerprint density at radius 3 is 2.50 bits per heavy atom. The van der Waals surface area contributed by atoms with E-state index in [1.165, 1.54) is 5.56 Å². The van der Waals surface area contributed by atoms with E-state index in [1.54, 1.807) is 7.11 Å². The van der Waals surface area contributed by atoms with Gasteiger partial charge >= 0.3 is 0 Å². The highest BCUT2D eigenvalue weighted by molar-refractivity contribution is 14.1. The molecule has 1 saturated heterocycles. The van der Waals surface area contributed by atoms with Crippen LogP contribution < -0.4 is 4.74 Å². The first-order valence-electron chi connectivity index (χ1n) is 6.28. The van der Waals surface area contributed by atoms with Gasteiger partial charge in [-0.3, -0.25) is 4.90 Å². The zero-order chi connectivity index (χ0) is 13.1. The predicted molar refractivity (Wildman–Crippen MR) is 81.3 cm³/mol. The molecular formula is C14H20INO2. The standard InChI is InChI=1S/C14H20INO2/c1-10-8-16(9-11(2)18-10)14(15)12-6-4-5-7-13(12)17-3/h4-7,10-11,14H,8-9H2,1-3H3. The van der Waals surface area contributed by atoms with Gasteiger partial charge in [-0.15, -0.1) is 0 Å². The fraction of sp³-hybridized carbons (Fsp3) is 0.571. The first-order chi connectivity index (χ1) is 8.61. The highest BCUT2D eigenvalue weighted by Gasteiger charge is 2.28. The molecule has 0 saturated carbocycles. The van der Waals surface area contributed by atoms with Crippen molar-refractivity contribution >= 4 is 22.6 Å². The third-order valence-electron chi connectivity index (χ3n) is 3.16. The molecule has 1 fully saturated rings. The van der Waals surface area contributed by atoms with E-state index in [4.69, 9.17) is 9.47 Å². The van der Waals surface area contributed by atoms with Crippen LogP contribution in [-0.4, -0.2) is 37.3 Å². The zero-order valence-electron chi connectivity index (χ0n) is 11.1. The van der Waals surface area contributed by atoms with Crippen molar-refractivity contribution in [2.24, 2.45) is 0 Å². The molecule has 2 rings (SSSR count). The van der Waals surface area contributed by atoms with Gasteiger partial charge in [-0.05, 0) is 19.9 Å². The van der Waals surface area contributed by atoms with Gasteiger partial charge in [0.1, 0.15) is 5.75 Å². The van der Waals surface area contributed by atoms with Gasteiger partial charge in [-0.1, -0.05) is 40.8 Å². The SMILES string of the molecule is COc1ccccc1C(I)N1CC(C)OC(C)C1. The van der Waals surface area contributed by atoms with Crippen LogP contribution in [0.3, 0.4) is 0 Å². The van der Waals surface area contributed by atoms with Gasteiger partial charge < -0.3 is 9.47 Å². The van der Waals surface area contributed by atoms with Crippen molar-refractivity contribution in [3.63, 3.8) is 0 Å². The summed E-state index contributed by atoms with van der Waals surface area (Å²) in [7, 11) is 1.73. The molecular weight excluding hydrogens is 341 g/mol. The molecule has 100 valence electrons. The van der Waals surface area contributed by atoms with Gasteiger partial charge in [-0.2, -0.15) is 0 Å². The van der Waals surface area contributed by atoms with Gasteiger partial charge in [0.2, 0.25) is 0 Å². The number of hydrogen-bond donors (Lipinski definition) is 0. The number of methoxy groups -OCH3 is 1. The van der Waals surface area contributed by atoms with E-state index in [-0.39, 0.29) is 0 Å². The van der Waals surface area contributed by atoms with E-state index in [0.717, 1.165) is 18.8 Å². The summed E-state index contributed by atoms with van der Waals surface area (Å²) in [6.45, 7) is 6.20. The summed E-state index contributed by atoms with van der Waals surface area (Å²) >= 11 is 2.49. The van der Waals surface area contributed by atoms with E-state index in [2.05, 4.69) is 53.5 Å². The molecule has 0 amide bonds. The Bertz CT molecular complexity index is 389. The van der Waals surface area contributed by atoms with Gasteiger partial charge in [-0.25, -0.2) is 0 Å². The fourth-order valence-corrected chi connectivity index (χ4v) is 3.43. The molecule has 0 aliphatic carbocycles. The maximum Gasteiger partial charge on any atom is 0.124 e. The van der Waals surface area contributed by atoms with Gasteiger partial charge in [0.25, 0.3) is 0 Å². The van der Waals surface area contributed by atoms with E-state index >= 15 is 0 Å². The minimum absolute atomic E-state index is 0.292. The quantitative estimate of drug-likeness (QED) is 0.469. The van der Waals surface area contributed by atoms with E-state index in [9.17, 15) is 0 Å². The summed E-state index contributed by atoms with van der Waals surface area (Å²) < 4.78 is 11.6. The van der Waals surface area contributed by atoms with Crippen LogP contribution in [0, 0.1) is 0 Å². The molecule has 0 aromatic heterocycles. The molecule has 18 heavy (non-hydrogen) atoms. The van der Waals surface area contributed by atoms with Crippen molar-refractivity contribution in [3.05, 3.63) is 29.8 Å². The van der Waals surface area contributed by atoms with Crippen molar-refractivity contribution in [3.8, 4) is 5.75 Å². The van der Waals surface area contributed by atoms with Crippen molar-refractivity contribution in [1.29, 1.82) is 0 Å². The number of rotatable bonds is 3. The molecule has 3 atom stereocenters. The second-order valence-electron chi connectivity index (χ2n) is 4.79. The highest BCUT2D eigenvalue weighted by Crippen LogP contribution is 2.35. The van der Waals surface area contributed by atoms with Crippen molar-refractivity contribution in [2.45, 2.75) is 30.1 Å². The van der Waals surface area contributed by atoms with Gasteiger partial charge in [0.05, 0.1) is 23.4 Å². The summed E-state index contributed by atoms with van der Waals surface area (Å²) in [6, 6.07) is 8.24. The molecule has 1 heterocycles. The summed E-state index contributed by atoms with van der Waals surface area (Å²) in [6.07, 6.45) is 0.585. The van der Waals surface area contributed by atoms with E-state index in [0.29, 0.717) is 16.3 Å². The number of nitrogens with zero attached hydrogens (tertiary/aromatic N) is 1. The van der Waals surface area contributed by atoms with Crippen molar-refractivity contribution in [1.82, 2.24) is 4.90 Å². The first kappa shape index (κ1) is 14.1. The molecule has 1 aliphatic rings. The van der Waals surface area contributed by atoms with Crippen LogP contribution in [0.4, 0.5) is 0 Å². The Morgan fingerprint density at radius 1 is 1.28 bits per heavy atom. The van der Waals surface area contributed by atoms with Crippen molar-refractivity contribution < 1.29 is 9.47 Å². The van der Waals surface area contributed by atoms with Crippen LogP contribution in [0.25, 0.3) is 0 Å². The molecule has 0 radical (unpaired) electrons. The minimum atomic E-state index is 0.292. The lowest BCUT2D eigenvalue weighted by molar-refractivity contribution is -0.0700. The van der Waals surface area contributed by atoms with E-state index < -0.39 is 0 Å². The number of halogens is 1. The molecule has 1 aromatic rings. The molecule has 1 aliphatic heterocycles.